The van der Waals surface area contributed by atoms with E-state index in [1.165, 1.54) is 12.0 Å². The molecule has 5 heteroatoms. The second-order valence-electron chi connectivity index (χ2n) is 6.39. The number of morpholine rings is 1. The zero-order chi connectivity index (χ0) is 14.0. The van der Waals surface area contributed by atoms with Crippen LogP contribution in [0.1, 0.15) is 25.0 Å². The number of nitrogens with zero attached hydrogens (tertiary/aromatic N) is 1. The Kier molecular flexibility index (Phi) is 5.92. The average Bonchev–Trinajstić information content (AvgIpc) is 2.85. The molecule has 3 rings (SSSR count). The summed E-state index contributed by atoms with van der Waals surface area (Å²) in [4.78, 5) is 2.54. The molecule has 2 heterocycles. The molecule has 2 atom stereocenters. The van der Waals surface area contributed by atoms with E-state index in [9.17, 15) is 0 Å². The summed E-state index contributed by atoms with van der Waals surface area (Å²) in [6, 6.07) is 8.05. The van der Waals surface area contributed by atoms with Gasteiger partial charge in [0.15, 0.2) is 0 Å². The zero-order valence-corrected chi connectivity index (χ0v) is 14.1. The van der Waals surface area contributed by atoms with Gasteiger partial charge in [0.2, 0.25) is 0 Å². The maximum absolute atomic E-state index is 6.08. The highest BCUT2D eigenvalue weighted by molar-refractivity contribution is 6.30. The Labute approximate surface area is 138 Å². The second-order valence-corrected chi connectivity index (χ2v) is 6.82. The third kappa shape index (κ3) is 4.33. The fourth-order valence-electron chi connectivity index (χ4n) is 3.30. The molecule has 2 aliphatic rings. The van der Waals surface area contributed by atoms with Gasteiger partial charge >= 0.3 is 0 Å². The molecule has 118 valence electrons. The van der Waals surface area contributed by atoms with Crippen molar-refractivity contribution in [3.8, 4) is 0 Å². The highest BCUT2D eigenvalue weighted by Crippen LogP contribution is 2.29. The summed E-state index contributed by atoms with van der Waals surface area (Å²) in [7, 11) is 0. The van der Waals surface area contributed by atoms with Gasteiger partial charge in [0.05, 0.1) is 12.7 Å². The molecule has 3 nitrogen and oxygen atoms in total. The maximum Gasteiger partial charge on any atom is 0.0952 e. The first kappa shape index (κ1) is 17.0. The zero-order valence-electron chi connectivity index (χ0n) is 12.5. The summed E-state index contributed by atoms with van der Waals surface area (Å²) in [5, 5.41) is 4.26. The van der Waals surface area contributed by atoms with Crippen LogP contribution in [-0.2, 0) is 4.74 Å². The van der Waals surface area contributed by atoms with E-state index < -0.39 is 0 Å². The Morgan fingerprint density at radius 2 is 2.33 bits per heavy atom. The van der Waals surface area contributed by atoms with Gasteiger partial charge in [-0.3, -0.25) is 4.90 Å². The lowest BCUT2D eigenvalue weighted by atomic mass is 9.89. The Hall–Kier alpha value is -0.320. The molecule has 1 aromatic rings. The van der Waals surface area contributed by atoms with Crippen LogP contribution in [0.3, 0.4) is 0 Å². The molecule has 0 bridgehead atoms. The van der Waals surface area contributed by atoms with Crippen molar-refractivity contribution in [2.45, 2.75) is 19.4 Å². The third-order valence-electron chi connectivity index (χ3n) is 4.43. The number of hydrogen-bond donors (Lipinski definition) is 1. The van der Waals surface area contributed by atoms with Gasteiger partial charge in [-0.05, 0) is 36.1 Å². The van der Waals surface area contributed by atoms with Crippen molar-refractivity contribution in [2.24, 2.45) is 5.41 Å². The molecule has 2 unspecified atom stereocenters. The van der Waals surface area contributed by atoms with Crippen molar-refractivity contribution in [1.29, 1.82) is 0 Å². The Bertz CT molecular complexity index is 463. The van der Waals surface area contributed by atoms with Crippen molar-refractivity contribution in [3.05, 3.63) is 34.9 Å². The van der Waals surface area contributed by atoms with Crippen LogP contribution < -0.4 is 5.32 Å². The molecule has 1 aromatic carbocycles. The van der Waals surface area contributed by atoms with Crippen molar-refractivity contribution >= 4 is 24.0 Å². The van der Waals surface area contributed by atoms with Gasteiger partial charge in [-0.2, -0.15) is 0 Å². The molecular formula is C16H24Cl2N2O. The first-order valence-corrected chi connectivity index (χ1v) is 7.83. The molecule has 0 saturated carbocycles. The number of halogens is 2. The average molecular weight is 331 g/mol. The van der Waals surface area contributed by atoms with Crippen LogP contribution in [0.15, 0.2) is 24.3 Å². The van der Waals surface area contributed by atoms with Crippen LogP contribution in [0.25, 0.3) is 0 Å². The van der Waals surface area contributed by atoms with Crippen LogP contribution in [0.4, 0.5) is 0 Å². The molecule has 0 aromatic heterocycles. The lowest BCUT2D eigenvalue weighted by molar-refractivity contribution is -0.0400. The maximum atomic E-state index is 6.08. The standard InChI is InChI=1S/C16H23ClN2O.ClH/c1-16(5-6-18-11-16)12-19-7-8-20-15(10-19)13-3-2-4-14(17)9-13;/h2-4,9,15,18H,5-8,10-12H2,1H3;1H. The summed E-state index contributed by atoms with van der Waals surface area (Å²) >= 11 is 6.08. The largest absolute Gasteiger partial charge is 0.371 e. The quantitative estimate of drug-likeness (QED) is 0.921. The minimum absolute atomic E-state index is 0. The fraction of sp³-hybridized carbons (Fsp3) is 0.625. The minimum atomic E-state index is 0. The Morgan fingerprint density at radius 1 is 1.48 bits per heavy atom. The summed E-state index contributed by atoms with van der Waals surface area (Å²) in [6.45, 7) is 8.63. The number of ether oxygens (including phenoxy) is 1. The number of nitrogens with one attached hydrogen (secondary N) is 1. The molecule has 2 saturated heterocycles. The summed E-state index contributed by atoms with van der Waals surface area (Å²) in [5.74, 6) is 0. The van der Waals surface area contributed by atoms with Gasteiger partial charge < -0.3 is 10.1 Å². The first-order valence-electron chi connectivity index (χ1n) is 7.45. The van der Waals surface area contributed by atoms with Crippen LogP contribution >= 0.6 is 24.0 Å². The van der Waals surface area contributed by atoms with Gasteiger partial charge in [-0.25, -0.2) is 0 Å². The monoisotopic (exact) mass is 330 g/mol. The van der Waals surface area contributed by atoms with Crippen LogP contribution in [0, 0.1) is 5.41 Å². The lowest BCUT2D eigenvalue weighted by Gasteiger charge is -2.37. The minimum Gasteiger partial charge on any atom is -0.371 e. The van der Waals surface area contributed by atoms with Crippen molar-refractivity contribution in [1.82, 2.24) is 10.2 Å². The Morgan fingerprint density at radius 3 is 3.05 bits per heavy atom. The summed E-state index contributed by atoms with van der Waals surface area (Å²) < 4.78 is 5.93. The van der Waals surface area contributed by atoms with Gasteiger partial charge in [0.25, 0.3) is 0 Å². The molecule has 1 N–H and O–H groups in total. The van der Waals surface area contributed by atoms with E-state index in [4.69, 9.17) is 16.3 Å². The normalized spacial score (nSPS) is 30.1. The molecule has 0 spiro atoms. The van der Waals surface area contributed by atoms with E-state index in [-0.39, 0.29) is 18.5 Å². The van der Waals surface area contributed by atoms with E-state index in [1.807, 2.05) is 18.2 Å². The predicted octanol–water partition coefficient (Wildman–Crippen LogP) is 3.13. The fourth-order valence-corrected chi connectivity index (χ4v) is 3.50. The molecule has 2 fully saturated rings. The third-order valence-corrected chi connectivity index (χ3v) is 4.67. The smallest absolute Gasteiger partial charge is 0.0952 e. The topological polar surface area (TPSA) is 24.5 Å². The van der Waals surface area contributed by atoms with E-state index in [2.05, 4.69) is 23.2 Å². The predicted molar refractivity (Wildman–Crippen MR) is 89.4 cm³/mol. The van der Waals surface area contributed by atoms with Gasteiger partial charge in [0.1, 0.15) is 0 Å². The molecule has 0 aliphatic carbocycles. The second kappa shape index (κ2) is 7.30. The molecular weight excluding hydrogens is 307 g/mol. The van der Waals surface area contributed by atoms with Crippen molar-refractivity contribution < 1.29 is 4.74 Å². The van der Waals surface area contributed by atoms with Crippen molar-refractivity contribution in [2.75, 3.05) is 39.3 Å². The summed E-state index contributed by atoms with van der Waals surface area (Å²) in [6.07, 6.45) is 1.42. The van der Waals surface area contributed by atoms with E-state index in [0.717, 1.165) is 44.4 Å². The van der Waals surface area contributed by atoms with Gasteiger partial charge in [0, 0.05) is 31.2 Å². The van der Waals surface area contributed by atoms with Gasteiger partial charge in [-0.15, -0.1) is 12.4 Å². The highest BCUT2D eigenvalue weighted by atomic mass is 35.5. The SMILES string of the molecule is CC1(CN2CCOC(c3cccc(Cl)c3)C2)CCNC1.Cl. The molecule has 21 heavy (non-hydrogen) atoms. The van der Waals surface area contributed by atoms with Gasteiger partial charge in [-0.1, -0.05) is 30.7 Å². The number of hydrogen-bond acceptors (Lipinski definition) is 3. The Balaban J connectivity index is 0.00000161. The number of benzene rings is 1. The molecule has 2 aliphatic heterocycles. The molecule has 0 radical (unpaired) electrons. The number of rotatable bonds is 3. The highest BCUT2D eigenvalue weighted by Gasteiger charge is 2.32. The lowest BCUT2D eigenvalue weighted by Crippen LogP contribution is -2.44. The van der Waals surface area contributed by atoms with Crippen molar-refractivity contribution in [3.63, 3.8) is 0 Å². The molecule has 0 amide bonds. The summed E-state index contributed by atoms with van der Waals surface area (Å²) in [5.41, 5.74) is 1.60. The van der Waals surface area contributed by atoms with E-state index in [1.54, 1.807) is 0 Å². The van der Waals surface area contributed by atoms with E-state index in [0.29, 0.717) is 5.41 Å². The van der Waals surface area contributed by atoms with Crippen LogP contribution in [0.5, 0.6) is 0 Å². The van der Waals surface area contributed by atoms with Crippen LogP contribution in [-0.4, -0.2) is 44.2 Å². The first-order chi connectivity index (χ1) is 9.65. The van der Waals surface area contributed by atoms with E-state index >= 15 is 0 Å². The van der Waals surface area contributed by atoms with Crippen LogP contribution in [0.2, 0.25) is 5.02 Å².